The quantitative estimate of drug-likeness (QED) is 0.834. The molecule has 134 valence electrons. The molecule has 0 aliphatic carbocycles. The number of hydrogen-bond donors (Lipinski definition) is 0. The van der Waals surface area contributed by atoms with Gasteiger partial charge in [0.1, 0.15) is 18.1 Å². The van der Waals surface area contributed by atoms with E-state index in [4.69, 9.17) is 13.9 Å². The number of carbonyl (C=O) groups is 1. The van der Waals surface area contributed by atoms with E-state index < -0.39 is 0 Å². The van der Waals surface area contributed by atoms with Crippen LogP contribution in [0.25, 0.3) is 0 Å². The van der Waals surface area contributed by atoms with E-state index in [0.29, 0.717) is 25.4 Å². The Bertz CT molecular complexity index is 719. The number of para-hydroxylation sites is 1. The Balaban J connectivity index is 1.56. The Labute approximate surface area is 147 Å². The molecule has 0 saturated carbocycles. The summed E-state index contributed by atoms with van der Waals surface area (Å²) >= 11 is 0. The van der Waals surface area contributed by atoms with Crippen molar-refractivity contribution in [2.45, 2.75) is 45.9 Å². The van der Waals surface area contributed by atoms with Crippen molar-refractivity contribution in [2.24, 2.45) is 0 Å². The molecule has 2 heterocycles. The van der Waals surface area contributed by atoms with E-state index in [1.807, 2.05) is 51.1 Å². The van der Waals surface area contributed by atoms with Crippen LogP contribution in [0, 0.1) is 0 Å². The summed E-state index contributed by atoms with van der Waals surface area (Å²) in [7, 11) is 0. The molecule has 1 aromatic heterocycles. The fraction of sp³-hybridized carbons (Fsp3) is 0.474. The number of fused-ring (bicyclic) bond motifs is 1. The van der Waals surface area contributed by atoms with Crippen LogP contribution in [-0.4, -0.2) is 34.5 Å². The summed E-state index contributed by atoms with van der Waals surface area (Å²) in [5.74, 6) is 2.02. The molecular formula is C19H24N2O4. The highest BCUT2D eigenvalue weighted by atomic mass is 16.5. The Kier molecular flexibility index (Phi) is 5.08. The van der Waals surface area contributed by atoms with Crippen molar-refractivity contribution in [3.63, 3.8) is 0 Å². The Morgan fingerprint density at radius 1 is 1.28 bits per heavy atom. The number of carbonyl (C=O) groups excluding carboxylic acids is 1. The van der Waals surface area contributed by atoms with Crippen LogP contribution in [0.1, 0.15) is 38.1 Å². The largest absolute Gasteiger partial charge is 0.484 e. The minimum Gasteiger partial charge on any atom is -0.484 e. The van der Waals surface area contributed by atoms with Gasteiger partial charge in [-0.1, -0.05) is 18.2 Å². The second-order valence-electron chi connectivity index (χ2n) is 7.05. The first-order valence-electron chi connectivity index (χ1n) is 8.48. The highest BCUT2D eigenvalue weighted by Gasteiger charge is 2.26. The molecule has 0 saturated heterocycles. The van der Waals surface area contributed by atoms with Gasteiger partial charge >= 0.3 is 0 Å². The van der Waals surface area contributed by atoms with Gasteiger partial charge in [0, 0.05) is 13.0 Å². The number of benzene rings is 1. The lowest BCUT2D eigenvalue weighted by Gasteiger charge is -2.27. The SMILES string of the molecule is CC(C)(C)OCC(=O)N1CCc2nc(COc3ccccc3)oc2C1. The number of amides is 1. The van der Waals surface area contributed by atoms with Crippen molar-refractivity contribution in [1.29, 1.82) is 0 Å². The molecule has 6 nitrogen and oxygen atoms in total. The van der Waals surface area contributed by atoms with Gasteiger partial charge in [-0.25, -0.2) is 4.98 Å². The molecule has 0 unspecified atom stereocenters. The van der Waals surface area contributed by atoms with Gasteiger partial charge in [0.05, 0.1) is 17.8 Å². The maximum Gasteiger partial charge on any atom is 0.249 e. The summed E-state index contributed by atoms with van der Waals surface area (Å²) in [6, 6.07) is 9.54. The van der Waals surface area contributed by atoms with Gasteiger partial charge in [0.15, 0.2) is 6.61 Å². The number of aromatic nitrogens is 1. The number of oxazole rings is 1. The minimum absolute atomic E-state index is 0.0286. The topological polar surface area (TPSA) is 64.8 Å². The number of nitrogens with zero attached hydrogens (tertiary/aromatic N) is 2. The first-order valence-corrected chi connectivity index (χ1v) is 8.48. The Morgan fingerprint density at radius 3 is 2.76 bits per heavy atom. The minimum atomic E-state index is -0.329. The summed E-state index contributed by atoms with van der Waals surface area (Å²) in [6.07, 6.45) is 0.686. The lowest BCUT2D eigenvalue weighted by atomic mass is 10.1. The molecule has 0 N–H and O–H groups in total. The zero-order valence-electron chi connectivity index (χ0n) is 14.9. The van der Waals surface area contributed by atoms with Crippen molar-refractivity contribution in [2.75, 3.05) is 13.2 Å². The van der Waals surface area contributed by atoms with E-state index >= 15 is 0 Å². The lowest BCUT2D eigenvalue weighted by molar-refractivity contribution is -0.142. The van der Waals surface area contributed by atoms with Crippen molar-refractivity contribution in [3.05, 3.63) is 47.7 Å². The van der Waals surface area contributed by atoms with E-state index in [1.165, 1.54) is 0 Å². The monoisotopic (exact) mass is 344 g/mol. The van der Waals surface area contributed by atoms with Crippen LogP contribution in [-0.2, 0) is 29.1 Å². The third kappa shape index (κ3) is 4.82. The van der Waals surface area contributed by atoms with E-state index in [1.54, 1.807) is 4.90 Å². The molecule has 1 aromatic carbocycles. The van der Waals surface area contributed by atoms with Crippen molar-refractivity contribution in [3.8, 4) is 5.75 Å². The van der Waals surface area contributed by atoms with Gasteiger partial charge in [0.2, 0.25) is 11.8 Å². The predicted molar refractivity (Wildman–Crippen MR) is 92.1 cm³/mol. The standard InChI is InChI=1S/C19H24N2O4/c1-19(2,3)24-13-18(22)21-10-9-15-16(11-21)25-17(20-15)12-23-14-7-5-4-6-8-14/h4-8H,9-13H2,1-3H3. The summed E-state index contributed by atoms with van der Waals surface area (Å²) in [5.41, 5.74) is 0.581. The molecule has 1 aliphatic rings. The van der Waals surface area contributed by atoms with Gasteiger partial charge in [-0.05, 0) is 32.9 Å². The van der Waals surface area contributed by atoms with Crippen molar-refractivity contribution in [1.82, 2.24) is 9.88 Å². The lowest BCUT2D eigenvalue weighted by Crippen LogP contribution is -2.39. The maximum atomic E-state index is 12.3. The van der Waals surface area contributed by atoms with Crippen LogP contribution >= 0.6 is 0 Å². The van der Waals surface area contributed by atoms with Crippen molar-refractivity contribution < 1.29 is 18.7 Å². The predicted octanol–water partition coefficient (Wildman–Crippen LogP) is 2.95. The van der Waals surface area contributed by atoms with Gasteiger partial charge < -0.3 is 18.8 Å². The highest BCUT2D eigenvalue weighted by molar-refractivity contribution is 5.77. The maximum absolute atomic E-state index is 12.3. The molecule has 2 aromatic rings. The first-order chi connectivity index (χ1) is 11.9. The first kappa shape index (κ1) is 17.5. The van der Waals surface area contributed by atoms with Crippen LogP contribution in [0.5, 0.6) is 5.75 Å². The van der Waals surface area contributed by atoms with Crippen LogP contribution in [0.2, 0.25) is 0 Å². The van der Waals surface area contributed by atoms with Crippen LogP contribution < -0.4 is 4.74 Å². The fourth-order valence-electron chi connectivity index (χ4n) is 2.55. The number of ether oxygens (including phenoxy) is 2. The average Bonchev–Trinajstić information content (AvgIpc) is 3.00. The molecule has 1 amide bonds. The third-order valence-electron chi connectivity index (χ3n) is 3.86. The molecule has 0 fully saturated rings. The fourth-order valence-corrected chi connectivity index (χ4v) is 2.55. The third-order valence-corrected chi connectivity index (χ3v) is 3.86. The van der Waals surface area contributed by atoms with E-state index in [0.717, 1.165) is 17.2 Å². The molecule has 0 spiro atoms. The van der Waals surface area contributed by atoms with E-state index in [9.17, 15) is 4.79 Å². The average molecular weight is 344 g/mol. The van der Waals surface area contributed by atoms with Gasteiger partial charge in [-0.2, -0.15) is 0 Å². The van der Waals surface area contributed by atoms with Crippen LogP contribution in [0.3, 0.4) is 0 Å². The molecule has 0 radical (unpaired) electrons. The summed E-state index contributed by atoms with van der Waals surface area (Å²) in [5, 5.41) is 0. The number of rotatable bonds is 5. The summed E-state index contributed by atoms with van der Waals surface area (Å²) < 4.78 is 17.0. The smallest absolute Gasteiger partial charge is 0.249 e. The van der Waals surface area contributed by atoms with E-state index in [2.05, 4.69) is 4.98 Å². The molecule has 0 atom stereocenters. The molecule has 0 bridgehead atoms. The molecule has 25 heavy (non-hydrogen) atoms. The molecule has 3 rings (SSSR count). The second-order valence-corrected chi connectivity index (χ2v) is 7.05. The van der Waals surface area contributed by atoms with Crippen LogP contribution in [0.15, 0.2) is 34.7 Å². The Morgan fingerprint density at radius 2 is 2.04 bits per heavy atom. The second kappa shape index (κ2) is 7.27. The van der Waals surface area contributed by atoms with Gasteiger partial charge in [-0.3, -0.25) is 4.79 Å². The zero-order valence-corrected chi connectivity index (χ0v) is 14.9. The van der Waals surface area contributed by atoms with Crippen LogP contribution in [0.4, 0.5) is 0 Å². The van der Waals surface area contributed by atoms with Gasteiger partial charge in [-0.15, -0.1) is 0 Å². The van der Waals surface area contributed by atoms with Crippen molar-refractivity contribution >= 4 is 5.91 Å². The Hall–Kier alpha value is -2.34. The molecule has 1 aliphatic heterocycles. The summed E-state index contributed by atoms with van der Waals surface area (Å²) in [6.45, 7) is 7.22. The highest BCUT2D eigenvalue weighted by Crippen LogP contribution is 2.21. The normalized spacial score (nSPS) is 14.3. The molecular weight excluding hydrogens is 320 g/mol. The van der Waals surface area contributed by atoms with E-state index in [-0.39, 0.29) is 24.7 Å². The molecule has 6 heteroatoms. The number of hydrogen-bond acceptors (Lipinski definition) is 5. The summed E-state index contributed by atoms with van der Waals surface area (Å²) in [4.78, 5) is 18.5. The van der Waals surface area contributed by atoms with Gasteiger partial charge in [0.25, 0.3) is 0 Å². The zero-order chi connectivity index (χ0) is 17.9.